The van der Waals surface area contributed by atoms with Gasteiger partial charge >= 0.3 is 0 Å². The van der Waals surface area contributed by atoms with Crippen molar-refractivity contribution in [3.8, 4) is 0 Å². The summed E-state index contributed by atoms with van der Waals surface area (Å²) in [6.45, 7) is 2.34. The van der Waals surface area contributed by atoms with Crippen LogP contribution in [0.25, 0.3) is 0 Å². The van der Waals surface area contributed by atoms with E-state index in [0.717, 1.165) is 8.66 Å². The highest BCUT2D eigenvalue weighted by Crippen LogP contribution is 2.21. The highest BCUT2D eigenvalue weighted by molar-refractivity contribution is 9.11. The van der Waals surface area contributed by atoms with E-state index < -0.39 is 0 Å². The molecule has 0 aliphatic rings. The van der Waals surface area contributed by atoms with Crippen molar-refractivity contribution in [2.45, 2.75) is 19.9 Å². The van der Waals surface area contributed by atoms with Crippen LogP contribution in [0.5, 0.6) is 0 Å². The van der Waals surface area contributed by atoms with Crippen molar-refractivity contribution >= 4 is 33.2 Å². The SMILES string of the molecule is CCC(CO)C(=O)NCc1ccc(Br)s1. The molecule has 0 saturated carbocycles. The summed E-state index contributed by atoms with van der Waals surface area (Å²) in [6, 6.07) is 3.92. The molecule has 5 heteroatoms. The minimum absolute atomic E-state index is 0.0791. The zero-order valence-electron chi connectivity index (χ0n) is 8.50. The van der Waals surface area contributed by atoms with Gasteiger partial charge in [-0.3, -0.25) is 4.79 Å². The van der Waals surface area contributed by atoms with Gasteiger partial charge in [-0.25, -0.2) is 0 Å². The Labute approximate surface area is 102 Å². The Kier molecular flexibility index (Phi) is 5.28. The van der Waals surface area contributed by atoms with E-state index in [4.69, 9.17) is 5.11 Å². The van der Waals surface area contributed by atoms with E-state index in [0.29, 0.717) is 13.0 Å². The number of hydrogen-bond acceptors (Lipinski definition) is 3. The summed E-state index contributed by atoms with van der Waals surface area (Å²) in [5.74, 6) is -0.363. The third-order valence-corrected chi connectivity index (χ3v) is 3.77. The Morgan fingerprint density at radius 3 is 2.87 bits per heavy atom. The number of aliphatic hydroxyl groups is 1. The molecule has 0 saturated heterocycles. The predicted molar refractivity (Wildman–Crippen MR) is 64.7 cm³/mol. The molecule has 0 radical (unpaired) electrons. The van der Waals surface area contributed by atoms with E-state index in [1.54, 1.807) is 11.3 Å². The van der Waals surface area contributed by atoms with Crippen LogP contribution in [0.1, 0.15) is 18.2 Å². The molecule has 0 aliphatic heterocycles. The first-order chi connectivity index (χ1) is 7.17. The topological polar surface area (TPSA) is 49.3 Å². The summed E-state index contributed by atoms with van der Waals surface area (Å²) in [5, 5.41) is 11.7. The molecular weight excluding hydrogens is 278 g/mol. The minimum atomic E-state index is -0.284. The van der Waals surface area contributed by atoms with Gasteiger partial charge in [0.25, 0.3) is 0 Å². The molecule has 84 valence electrons. The van der Waals surface area contributed by atoms with Crippen LogP contribution in [0.15, 0.2) is 15.9 Å². The van der Waals surface area contributed by atoms with Gasteiger partial charge in [-0.05, 0) is 34.5 Å². The fraction of sp³-hybridized carbons (Fsp3) is 0.500. The van der Waals surface area contributed by atoms with Gasteiger partial charge < -0.3 is 10.4 Å². The third-order valence-electron chi connectivity index (χ3n) is 2.15. The number of carbonyl (C=O) groups excluding carboxylic acids is 1. The van der Waals surface area contributed by atoms with Crippen LogP contribution in [0.4, 0.5) is 0 Å². The lowest BCUT2D eigenvalue weighted by atomic mass is 10.1. The molecule has 3 nitrogen and oxygen atoms in total. The fourth-order valence-electron chi connectivity index (χ4n) is 1.16. The van der Waals surface area contributed by atoms with Gasteiger partial charge in [0.05, 0.1) is 22.9 Å². The van der Waals surface area contributed by atoms with Crippen LogP contribution in [0, 0.1) is 5.92 Å². The summed E-state index contributed by atoms with van der Waals surface area (Å²) in [4.78, 5) is 12.6. The first-order valence-corrected chi connectivity index (χ1v) is 6.41. The Balaban J connectivity index is 2.40. The molecule has 0 aliphatic carbocycles. The molecule has 1 atom stereocenters. The highest BCUT2D eigenvalue weighted by Gasteiger charge is 2.14. The van der Waals surface area contributed by atoms with Crippen LogP contribution in [0.2, 0.25) is 0 Å². The van der Waals surface area contributed by atoms with Gasteiger partial charge in [0.2, 0.25) is 5.91 Å². The molecule has 15 heavy (non-hydrogen) atoms. The fourth-order valence-corrected chi connectivity index (χ4v) is 2.59. The molecule has 1 rings (SSSR count). The molecule has 0 bridgehead atoms. The van der Waals surface area contributed by atoms with Crippen LogP contribution < -0.4 is 5.32 Å². The predicted octanol–water partition coefficient (Wildman–Crippen LogP) is 2.15. The van der Waals surface area contributed by atoms with Crippen molar-refractivity contribution in [2.75, 3.05) is 6.61 Å². The van der Waals surface area contributed by atoms with Crippen molar-refractivity contribution < 1.29 is 9.90 Å². The smallest absolute Gasteiger partial charge is 0.225 e. The lowest BCUT2D eigenvalue weighted by Crippen LogP contribution is -2.31. The normalized spacial score (nSPS) is 12.5. The molecule has 0 fully saturated rings. The minimum Gasteiger partial charge on any atom is -0.396 e. The Morgan fingerprint density at radius 2 is 2.40 bits per heavy atom. The van der Waals surface area contributed by atoms with Crippen molar-refractivity contribution in [3.05, 3.63) is 20.8 Å². The molecule has 1 aromatic heterocycles. The number of halogens is 1. The van der Waals surface area contributed by atoms with Crippen molar-refractivity contribution in [3.63, 3.8) is 0 Å². The standard InChI is InChI=1S/C10H14BrNO2S/c1-2-7(6-13)10(14)12-5-8-3-4-9(11)15-8/h3-4,7,13H,2,5-6H2,1H3,(H,12,14). The number of thiophene rings is 1. The molecule has 1 heterocycles. The maximum atomic E-state index is 11.5. The first kappa shape index (κ1) is 12.7. The molecule has 1 unspecified atom stereocenters. The van der Waals surface area contributed by atoms with Crippen LogP contribution >= 0.6 is 27.3 Å². The zero-order valence-corrected chi connectivity index (χ0v) is 10.9. The van der Waals surface area contributed by atoms with E-state index >= 15 is 0 Å². The number of rotatable bonds is 5. The first-order valence-electron chi connectivity index (χ1n) is 4.80. The van der Waals surface area contributed by atoms with Gasteiger partial charge in [-0.1, -0.05) is 6.92 Å². The van der Waals surface area contributed by atoms with Gasteiger partial charge in [0.15, 0.2) is 0 Å². The van der Waals surface area contributed by atoms with Gasteiger partial charge in [0.1, 0.15) is 0 Å². The number of aliphatic hydroxyl groups excluding tert-OH is 1. The van der Waals surface area contributed by atoms with Gasteiger partial charge in [-0.2, -0.15) is 0 Å². The average molecular weight is 292 g/mol. The summed E-state index contributed by atoms with van der Waals surface area (Å²) in [7, 11) is 0. The van der Waals surface area contributed by atoms with E-state index in [2.05, 4.69) is 21.2 Å². The molecule has 1 amide bonds. The molecule has 0 aromatic carbocycles. The zero-order chi connectivity index (χ0) is 11.3. The third kappa shape index (κ3) is 3.93. The van der Waals surface area contributed by atoms with E-state index in [9.17, 15) is 4.79 Å². The summed E-state index contributed by atoms with van der Waals surface area (Å²) in [6.07, 6.45) is 0.663. The molecule has 0 spiro atoms. The van der Waals surface area contributed by atoms with Crippen LogP contribution in [-0.4, -0.2) is 17.6 Å². The molecular formula is C10H14BrNO2S. The molecule has 2 N–H and O–H groups in total. The molecule has 1 aromatic rings. The average Bonchev–Trinajstić information content (AvgIpc) is 2.63. The summed E-state index contributed by atoms with van der Waals surface area (Å²) < 4.78 is 1.06. The number of carbonyl (C=O) groups is 1. The maximum Gasteiger partial charge on any atom is 0.225 e. The lowest BCUT2D eigenvalue weighted by molar-refractivity contribution is -0.126. The summed E-state index contributed by atoms with van der Waals surface area (Å²) >= 11 is 4.96. The van der Waals surface area contributed by atoms with E-state index in [1.807, 2.05) is 19.1 Å². The van der Waals surface area contributed by atoms with Crippen LogP contribution in [-0.2, 0) is 11.3 Å². The Morgan fingerprint density at radius 1 is 1.67 bits per heavy atom. The quantitative estimate of drug-likeness (QED) is 0.873. The second-order valence-corrected chi connectivity index (χ2v) is 5.76. The van der Waals surface area contributed by atoms with Gasteiger partial charge in [0, 0.05) is 4.88 Å². The second-order valence-electron chi connectivity index (χ2n) is 3.21. The summed E-state index contributed by atoms with van der Waals surface area (Å²) in [5.41, 5.74) is 0. The van der Waals surface area contributed by atoms with E-state index in [1.165, 1.54) is 0 Å². The van der Waals surface area contributed by atoms with Crippen molar-refractivity contribution in [1.82, 2.24) is 5.32 Å². The Bertz CT molecular complexity index is 323. The largest absolute Gasteiger partial charge is 0.396 e. The maximum absolute atomic E-state index is 11.5. The van der Waals surface area contributed by atoms with Crippen LogP contribution in [0.3, 0.4) is 0 Å². The van der Waals surface area contributed by atoms with Crippen molar-refractivity contribution in [2.24, 2.45) is 5.92 Å². The number of hydrogen-bond donors (Lipinski definition) is 2. The van der Waals surface area contributed by atoms with E-state index in [-0.39, 0.29) is 18.4 Å². The lowest BCUT2D eigenvalue weighted by Gasteiger charge is -2.11. The Hall–Kier alpha value is -0.390. The second kappa shape index (κ2) is 6.25. The van der Waals surface area contributed by atoms with Crippen molar-refractivity contribution in [1.29, 1.82) is 0 Å². The van der Waals surface area contributed by atoms with Gasteiger partial charge in [-0.15, -0.1) is 11.3 Å². The highest BCUT2D eigenvalue weighted by atomic mass is 79.9. The number of amides is 1. The number of nitrogens with one attached hydrogen (secondary N) is 1. The monoisotopic (exact) mass is 291 g/mol.